The van der Waals surface area contributed by atoms with Crippen LogP contribution in [-0.2, 0) is 17.9 Å². The van der Waals surface area contributed by atoms with E-state index in [0.29, 0.717) is 22.7 Å². The Labute approximate surface area is 180 Å². The minimum Gasteiger partial charge on any atom is -0.486 e. The molecule has 0 spiro atoms. The average Bonchev–Trinajstić information content (AvgIpc) is 3.20. The van der Waals surface area contributed by atoms with Crippen LogP contribution in [0.1, 0.15) is 16.1 Å². The number of halogens is 1. The highest BCUT2D eigenvalue weighted by atomic mass is 79.9. The molecule has 30 heavy (non-hydrogen) atoms. The lowest BCUT2D eigenvalue weighted by Crippen LogP contribution is -2.21. The summed E-state index contributed by atoms with van der Waals surface area (Å²) in [5.41, 5.74) is 1.79. The molecule has 3 aromatic carbocycles. The molecule has 8 heteroatoms. The molecule has 0 aliphatic carbocycles. The second kappa shape index (κ2) is 8.87. The number of rotatable bonds is 7. The smallest absolute Gasteiger partial charge is 0.246 e. The zero-order valence-corrected chi connectivity index (χ0v) is 17.4. The predicted octanol–water partition coefficient (Wildman–Crippen LogP) is 4.22. The first-order valence-electron chi connectivity index (χ1n) is 9.16. The van der Waals surface area contributed by atoms with E-state index in [1.807, 2.05) is 42.5 Å². The standard InChI is InChI=1S/C22H17BrN4O3/c23-16-6-8-17(9-7-16)25-22(29)12-27-18(11-24-26-27)14-30-21-10-5-15-3-1-2-4-19(15)20(21)13-28/h1-11,13H,12,14H2,(H,25,29). The number of amides is 1. The van der Waals surface area contributed by atoms with Crippen molar-refractivity contribution in [1.29, 1.82) is 0 Å². The van der Waals surface area contributed by atoms with Crippen LogP contribution in [0.2, 0.25) is 0 Å². The fraction of sp³-hybridized carbons (Fsp3) is 0.0909. The van der Waals surface area contributed by atoms with Gasteiger partial charge in [0.15, 0.2) is 6.29 Å². The highest BCUT2D eigenvalue weighted by Gasteiger charge is 2.12. The van der Waals surface area contributed by atoms with Crippen molar-refractivity contribution in [1.82, 2.24) is 15.0 Å². The molecule has 0 unspecified atom stereocenters. The van der Waals surface area contributed by atoms with E-state index in [0.717, 1.165) is 21.5 Å². The third-order valence-electron chi connectivity index (χ3n) is 4.54. The molecule has 0 bridgehead atoms. The summed E-state index contributed by atoms with van der Waals surface area (Å²) in [6.45, 7) is 0.116. The maximum Gasteiger partial charge on any atom is 0.246 e. The third-order valence-corrected chi connectivity index (χ3v) is 5.07. The van der Waals surface area contributed by atoms with Gasteiger partial charge in [-0.3, -0.25) is 9.59 Å². The van der Waals surface area contributed by atoms with Gasteiger partial charge in [-0.2, -0.15) is 0 Å². The summed E-state index contributed by atoms with van der Waals surface area (Å²) in [5.74, 6) is 0.235. The van der Waals surface area contributed by atoms with Gasteiger partial charge < -0.3 is 10.1 Å². The quantitative estimate of drug-likeness (QED) is 0.413. The fourth-order valence-electron chi connectivity index (χ4n) is 3.07. The number of anilines is 1. The summed E-state index contributed by atoms with van der Waals surface area (Å²) in [4.78, 5) is 24.0. The van der Waals surface area contributed by atoms with Crippen LogP contribution < -0.4 is 10.1 Å². The van der Waals surface area contributed by atoms with Gasteiger partial charge in [0, 0.05) is 10.2 Å². The zero-order valence-electron chi connectivity index (χ0n) is 15.8. The summed E-state index contributed by atoms with van der Waals surface area (Å²) in [6.07, 6.45) is 2.33. The van der Waals surface area contributed by atoms with Crippen LogP contribution in [0.4, 0.5) is 5.69 Å². The molecular formula is C22H17BrN4O3. The van der Waals surface area contributed by atoms with E-state index in [9.17, 15) is 9.59 Å². The van der Waals surface area contributed by atoms with Crippen LogP contribution in [0.25, 0.3) is 10.8 Å². The first-order chi connectivity index (χ1) is 14.6. The Morgan fingerprint density at radius 3 is 2.70 bits per heavy atom. The minimum atomic E-state index is -0.233. The van der Waals surface area contributed by atoms with Crippen LogP contribution in [0.3, 0.4) is 0 Å². The van der Waals surface area contributed by atoms with Crippen LogP contribution in [0, 0.1) is 0 Å². The Hall–Kier alpha value is -3.52. The van der Waals surface area contributed by atoms with Crippen LogP contribution >= 0.6 is 15.9 Å². The van der Waals surface area contributed by atoms with E-state index in [4.69, 9.17) is 4.74 Å². The normalized spacial score (nSPS) is 10.7. The minimum absolute atomic E-state index is 0.00693. The number of aromatic nitrogens is 3. The maximum atomic E-state index is 12.3. The topological polar surface area (TPSA) is 86.1 Å². The molecule has 0 aliphatic heterocycles. The van der Waals surface area contributed by atoms with Gasteiger partial charge in [0.2, 0.25) is 5.91 Å². The Balaban J connectivity index is 1.45. The first-order valence-corrected chi connectivity index (χ1v) is 9.96. The number of carbonyl (C=O) groups is 2. The molecule has 0 saturated heterocycles. The fourth-order valence-corrected chi connectivity index (χ4v) is 3.33. The molecule has 1 N–H and O–H groups in total. The van der Waals surface area contributed by atoms with E-state index >= 15 is 0 Å². The third kappa shape index (κ3) is 4.38. The lowest BCUT2D eigenvalue weighted by atomic mass is 10.0. The largest absolute Gasteiger partial charge is 0.486 e. The number of fused-ring (bicyclic) bond motifs is 1. The van der Waals surface area contributed by atoms with Gasteiger partial charge >= 0.3 is 0 Å². The zero-order chi connectivity index (χ0) is 20.9. The predicted molar refractivity (Wildman–Crippen MR) is 116 cm³/mol. The number of nitrogens with zero attached hydrogens (tertiary/aromatic N) is 3. The van der Waals surface area contributed by atoms with E-state index in [-0.39, 0.29) is 19.1 Å². The molecule has 0 saturated carbocycles. The Kier molecular flexibility index (Phi) is 5.85. The van der Waals surface area contributed by atoms with Crippen molar-refractivity contribution in [2.24, 2.45) is 0 Å². The number of hydrogen-bond donors (Lipinski definition) is 1. The van der Waals surface area contributed by atoms with Gasteiger partial charge in [-0.25, -0.2) is 4.68 Å². The molecule has 150 valence electrons. The summed E-state index contributed by atoms with van der Waals surface area (Å²) in [5, 5.41) is 12.4. The number of carbonyl (C=O) groups excluding carboxylic acids is 2. The SMILES string of the molecule is O=Cc1c(OCc2cnnn2CC(=O)Nc2ccc(Br)cc2)ccc2ccccc12. The van der Waals surface area contributed by atoms with Gasteiger partial charge in [-0.05, 0) is 41.1 Å². The Bertz CT molecular complexity index is 1200. The highest BCUT2D eigenvalue weighted by molar-refractivity contribution is 9.10. The van der Waals surface area contributed by atoms with Gasteiger partial charge in [-0.15, -0.1) is 5.10 Å². The summed E-state index contributed by atoms with van der Waals surface area (Å²) in [7, 11) is 0. The van der Waals surface area contributed by atoms with Crippen molar-refractivity contribution in [3.63, 3.8) is 0 Å². The molecule has 1 aromatic heterocycles. The summed E-state index contributed by atoms with van der Waals surface area (Å²) >= 11 is 3.36. The summed E-state index contributed by atoms with van der Waals surface area (Å²) < 4.78 is 8.26. The van der Waals surface area contributed by atoms with Crippen molar-refractivity contribution in [2.75, 3.05) is 5.32 Å². The molecule has 4 aromatic rings. The van der Waals surface area contributed by atoms with E-state index in [1.165, 1.54) is 10.9 Å². The van der Waals surface area contributed by atoms with Crippen LogP contribution in [0.5, 0.6) is 5.75 Å². The van der Waals surface area contributed by atoms with Gasteiger partial charge in [0.25, 0.3) is 0 Å². The van der Waals surface area contributed by atoms with E-state index in [2.05, 4.69) is 31.6 Å². The summed E-state index contributed by atoms with van der Waals surface area (Å²) in [6, 6.07) is 18.6. The second-order valence-electron chi connectivity index (χ2n) is 6.54. The Morgan fingerprint density at radius 1 is 1.10 bits per heavy atom. The number of nitrogens with one attached hydrogen (secondary N) is 1. The highest BCUT2D eigenvalue weighted by Crippen LogP contribution is 2.27. The lowest BCUT2D eigenvalue weighted by Gasteiger charge is -2.12. The monoisotopic (exact) mass is 464 g/mol. The van der Waals surface area contributed by atoms with Crippen molar-refractivity contribution in [3.05, 3.63) is 82.6 Å². The first kappa shape index (κ1) is 19.8. The average molecular weight is 465 g/mol. The van der Waals surface area contributed by atoms with Gasteiger partial charge in [-0.1, -0.05) is 51.5 Å². The molecule has 0 aliphatic rings. The Morgan fingerprint density at radius 2 is 1.90 bits per heavy atom. The maximum absolute atomic E-state index is 12.3. The van der Waals surface area contributed by atoms with Crippen molar-refractivity contribution < 1.29 is 14.3 Å². The molecule has 1 amide bonds. The van der Waals surface area contributed by atoms with E-state index < -0.39 is 0 Å². The van der Waals surface area contributed by atoms with Crippen LogP contribution in [-0.4, -0.2) is 27.2 Å². The molecular weight excluding hydrogens is 448 g/mol. The molecule has 7 nitrogen and oxygen atoms in total. The molecule has 0 radical (unpaired) electrons. The second-order valence-corrected chi connectivity index (χ2v) is 7.46. The molecule has 0 fully saturated rings. The van der Waals surface area contributed by atoms with Crippen LogP contribution in [0.15, 0.2) is 71.3 Å². The van der Waals surface area contributed by atoms with Crippen molar-refractivity contribution in [2.45, 2.75) is 13.2 Å². The van der Waals surface area contributed by atoms with Crippen molar-refractivity contribution >= 4 is 44.6 Å². The number of aldehydes is 1. The van der Waals surface area contributed by atoms with Gasteiger partial charge in [0.05, 0.1) is 17.5 Å². The molecule has 0 atom stereocenters. The van der Waals surface area contributed by atoms with Crippen molar-refractivity contribution in [3.8, 4) is 5.75 Å². The lowest BCUT2D eigenvalue weighted by molar-refractivity contribution is -0.117. The van der Waals surface area contributed by atoms with Gasteiger partial charge in [0.1, 0.15) is 18.9 Å². The molecule has 1 heterocycles. The van der Waals surface area contributed by atoms with E-state index in [1.54, 1.807) is 18.2 Å². The number of ether oxygens (including phenoxy) is 1. The number of benzene rings is 3. The number of hydrogen-bond acceptors (Lipinski definition) is 5. The molecule has 4 rings (SSSR count).